The van der Waals surface area contributed by atoms with E-state index >= 15 is 0 Å². The minimum Gasteiger partial charge on any atom is -0.356 e. The smallest absolute Gasteiger partial charge is 0.251 e. The zero-order chi connectivity index (χ0) is 19.3. The number of carbonyl (C=O) groups is 1. The number of benzene rings is 1. The molecule has 1 amide bonds. The first-order chi connectivity index (χ1) is 13.2. The minimum atomic E-state index is -0.0408. The highest BCUT2D eigenvalue weighted by atomic mass is 16.1. The van der Waals surface area contributed by atoms with E-state index in [1.165, 1.54) is 38.8 Å². The van der Waals surface area contributed by atoms with E-state index in [9.17, 15) is 4.79 Å². The Morgan fingerprint density at radius 3 is 2.44 bits per heavy atom. The van der Waals surface area contributed by atoms with Crippen molar-refractivity contribution in [3.05, 3.63) is 35.4 Å². The molecule has 0 radical (unpaired) electrons. The molecule has 1 aromatic carbocycles. The summed E-state index contributed by atoms with van der Waals surface area (Å²) in [5, 5.41) is 9.53. The third-order valence-corrected chi connectivity index (χ3v) is 4.85. The fourth-order valence-electron chi connectivity index (χ4n) is 3.34. The van der Waals surface area contributed by atoms with E-state index in [2.05, 4.69) is 25.8 Å². The molecule has 0 bridgehead atoms. The van der Waals surface area contributed by atoms with Crippen molar-refractivity contribution >= 4 is 11.9 Å². The maximum Gasteiger partial charge on any atom is 0.251 e. The Morgan fingerprint density at radius 2 is 1.74 bits per heavy atom. The second kappa shape index (κ2) is 12.3. The topological polar surface area (TPSA) is 68.8 Å². The lowest BCUT2D eigenvalue weighted by Gasteiger charge is -2.20. The van der Waals surface area contributed by atoms with E-state index in [1.807, 2.05) is 31.2 Å². The average Bonchev–Trinajstić information content (AvgIpc) is 2.95. The molecule has 1 aliphatic rings. The first kappa shape index (κ1) is 21.2. The molecule has 6 nitrogen and oxygen atoms in total. The van der Waals surface area contributed by atoms with Gasteiger partial charge in [0.25, 0.3) is 5.91 Å². The molecule has 6 heteroatoms. The molecule has 0 atom stereocenters. The predicted molar refractivity (Wildman–Crippen MR) is 112 cm³/mol. The first-order valence-corrected chi connectivity index (χ1v) is 10.2. The van der Waals surface area contributed by atoms with Crippen molar-refractivity contribution < 1.29 is 4.79 Å². The van der Waals surface area contributed by atoms with Crippen LogP contribution in [0, 0.1) is 6.92 Å². The van der Waals surface area contributed by atoms with Gasteiger partial charge in [0.1, 0.15) is 0 Å². The lowest BCUT2D eigenvalue weighted by molar-refractivity contribution is 0.0954. The summed E-state index contributed by atoms with van der Waals surface area (Å²) in [6, 6.07) is 7.62. The number of hydrogen-bond donors (Lipinski definition) is 3. The summed E-state index contributed by atoms with van der Waals surface area (Å²) in [6.07, 6.45) is 6.55. The monoisotopic (exact) mass is 373 g/mol. The number of hydrogen-bond acceptors (Lipinski definition) is 3. The van der Waals surface area contributed by atoms with Gasteiger partial charge in [0.15, 0.2) is 5.96 Å². The molecule has 1 heterocycles. The Balaban J connectivity index is 1.56. The number of rotatable bonds is 8. The Bertz CT molecular complexity index is 594. The van der Waals surface area contributed by atoms with Gasteiger partial charge < -0.3 is 20.9 Å². The average molecular weight is 374 g/mol. The minimum absolute atomic E-state index is 0.0408. The summed E-state index contributed by atoms with van der Waals surface area (Å²) in [4.78, 5) is 18.9. The highest BCUT2D eigenvalue weighted by Crippen LogP contribution is 2.09. The first-order valence-electron chi connectivity index (χ1n) is 10.2. The van der Waals surface area contributed by atoms with Gasteiger partial charge in [-0.15, -0.1) is 0 Å². The zero-order valence-corrected chi connectivity index (χ0v) is 16.9. The van der Waals surface area contributed by atoms with E-state index in [1.54, 1.807) is 7.05 Å². The zero-order valence-electron chi connectivity index (χ0n) is 16.9. The number of likely N-dealkylation sites (tertiary alicyclic amines) is 1. The number of carbonyl (C=O) groups excluding carboxylic acids is 1. The highest BCUT2D eigenvalue weighted by Gasteiger charge is 2.08. The summed E-state index contributed by atoms with van der Waals surface area (Å²) in [6.45, 7) is 7.73. The van der Waals surface area contributed by atoms with Crippen molar-refractivity contribution in [3.8, 4) is 0 Å². The lowest BCUT2D eigenvalue weighted by atomic mass is 10.1. The molecule has 0 aliphatic carbocycles. The fourth-order valence-corrected chi connectivity index (χ4v) is 3.34. The van der Waals surface area contributed by atoms with Gasteiger partial charge in [-0.25, -0.2) is 0 Å². The number of nitrogens with one attached hydrogen (secondary N) is 3. The van der Waals surface area contributed by atoms with Gasteiger partial charge in [0, 0.05) is 32.2 Å². The van der Waals surface area contributed by atoms with Gasteiger partial charge in [0.2, 0.25) is 0 Å². The molecule has 0 saturated carbocycles. The molecule has 27 heavy (non-hydrogen) atoms. The normalized spacial score (nSPS) is 15.9. The number of amides is 1. The van der Waals surface area contributed by atoms with Crippen LogP contribution in [-0.4, -0.2) is 63.1 Å². The summed E-state index contributed by atoms with van der Waals surface area (Å²) < 4.78 is 0. The Morgan fingerprint density at radius 1 is 1.04 bits per heavy atom. The molecule has 1 aromatic rings. The van der Waals surface area contributed by atoms with Crippen LogP contribution in [-0.2, 0) is 0 Å². The Labute approximate surface area is 163 Å². The third kappa shape index (κ3) is 8.43. The highest BCUT2D eigenvalue weighted by molar-refractivity contribution is 5.94. The molecule has 3 N–H and O–H groups in total. The third-order valence-electron chi connectivity index (χ3n) is 4.85. The predicted octanol–water partition coefficient (Wildman–Crippen LogP) is 2.16. The van der Waals surface area contributed by atoms with Crippen LogP contribution in [0.4, 0.5) is 0 Å². The van der Waals surface area contributed by atoms with Gasteiger partial charge >= 0.3 is 0 Å². The van der Waals surface area contributed by atoms with Crippen molar-refractivity contribution in [1.82, 2.24) is 20.9 Å². The number of aliphatic imine (C=N–C) groups is 1. The van der Waals surface area contributed by atoms with Crippen LogP contribution in [0.1, 0.15) is 48.0 Å². The summed E-state index contributed by atoms with van der Waals surface area (Å²) in [5.41, 5.74) is 1.79. The number of aryl methyl sites for hydroxylation is 1. The van der Waals surface area contributed by atoms with Crippen LogP contribution in [0.3, 0.4) is 0 Å². The van der Waals surface area contributed by atoms with E-state index in [-0.39, 0.29) is 5.91 Å². The summed E-state index contributed by atoms with van der Waals surface area (Å²) in [7, 11) is 1.77. The Hall–Kier alpha value is -2.08. The molecule has 150 valence electrons. The summed E-state index contributed by atoms with van der Waals surface area (Å²) >= 11 is 0. The van der Waals surface area contributed by atoms with Crippen molar-refractivity contribution in [3.63, 3.8) is 0 Å². The standard InChI is InChI=1S/C21H35N5O/c1-18-9-7-10-19(17-18)20(27)23-12-13-25-21(22-2)24-11-8-16-26-14-5-3-4-6-15-26/h7,9-10,17H,3-6,8,11-16H2,1-2H3,(H,23,27)(H2,22,24,25). The van der Waals surface area contributed by atoms with E-state index in [4.69, 9.17) is 0 Å². The van der Waals surface area contributed by atoms with Gasteiger partial charge in [0.05, 0.1) is 0 Å². The number of nitrogens with zero attached hydrogens (tertiary/aromatic N) is 2. The molecule has 1 fully saturated rings. The van der Waals surface area contributed by atoms with Crippen LogP contribution in [0.2, 0.25) is 0 Å². The lowest BCUT2D eigenvalue weighted by Crippen LogP contribution is -2.42. The van der Waals surface area contributed by atoms with Crippen molar-refractivity contribution in [2.45, 2.75) is 39.0 Å². The van der Waals surface area contributed by atoms with Crippen LogP contribution in [0.15, 0.2) is 29.3 Å². The maximum absolute atomic E-state index is 12.1. The molecule has 1 saturated heterocycles. The Kier molecular flexibility index (Phi) is 9.69. The SMILES string of the molecule is CN=C(NCCCN1CCCCCC1)NCCNC(=O)c1cccc(C)c1. The van der Waals surface area contributed by atoms with Crippen LogP contribution >= 0.6 is 0 Å². The largest absolute Gasteiger partial charge is 0.356 e. The molecule has 0 unspecified atom stereocenters. The second-order valence-electron chi connectivity index (χ2n) is 7.16. The van der Waals surface area contributed by atoms with Gasteiger partial charge in [-0.2, -0.15) is 0 Å². The fraction of sp³-hybridized carbons (Fsp3) is 0.619. The van der Waals surface area contributed by atoms with Crippen molar-refractivity contribution in [2.24, 2.45) is 4.99 Å². The van der Waals surface area contributed by atoms with E-state index < -0.39 is 0 Å². The second-order valence-corrected chi connectivity index (χ2v) is 7.16. The van der Waals surface area contributed by atoms with Gasteiger partial charge in [-0.05, 0) is 58.0 Å². The maximum atomic E-state index is 12.1. The van der Waals surface area contributed by atoms with Crippen molar-refractivity contribution in [1.29, 1.82) is 0 Å². The molecule has 1 aliphatic heterocycles. The van der Waals surface area contributed by atoms with Crippen LogP contribution < -0.4 is 16.0 Å². The molecule has 0 aromatic heterocycles. The van der Waals surface area contributed by atoms with Crippen molar-refractivity contribution in [2.75, 3.05) is 46.3 Å². The van der Waals surface area contributed by atoms with Crippen LogP contribution in [0.5, 0.6) is 0 Å². The van der Waals surface area contributed by atoms with Crippen LogP contribution in [0.25, 0.3) is 0 Å². The van der Waals surface area contributed by atoms with Gasteiger partial charge in [-0.3, -0.25) is 9.79 Å². The molecule has 0 spiro atoms. The summed E-state index contributed by atoms with van der Waals surface area (Å²) in [5.74, 6) is 0.747. The molecule has 2 rings (SSSR count). The van der Waals surface area contributed by atoms with Gasteiger partial charge in [-0.1, -0.05) is 30.5 Å². The number of guanidine groups is 1. The molecular weight excluding hydrogens is 338 g/mol. The molecular formula is C21H35N5O. The van der Waals surface area contributed by atoms with E-state index in [0.29, 0.717) is 18.7 Å². The quantitative estimate of drug-likeness (QED) is 0.371. The van der Waals surface area contributed by atoms with E-state index in [0.717, 1.165) is 31.0 Å².